The third kappa shape index (κ3) is 3.96. The quantitative estimate of drug-likeness (QED) is 0.661. The van der Waals surface area contributed by atoms with E-state index in [-0.39, 0.29) is 0 Å². The first-order valence-electron chi connectivity index (χ1n) is 8.27. The summed E-state index contributed by atoms with van der Waals surface area (Å²) >= 11 is 0. The van der Waals surface area contributed by atoms with Gasteiger partial charge in [-0.05, 0) is 18.6 Å². The Labute approximate surface area is 150 Å². The van der Waals surface area contributed by atoms with E-state index in [0.717, 1.165) is 23.4 Å². The maximum atomic E-state index is 13.7. The molecule has 0 bridgehead atoms. The number of halogens is 2. The molecular weight excluding hydrogens is 338 g/mol. The number of carbonyl (C=O) groups is 1. The summed E-state index contributed by atoms with van der Waals surface area (Å²) in [4.78, 5) is 13.5. The molecule has 0 fully saturated rings. The normalized spacial score (nSPS) is 10.7. The van der Waals surface area contributed by atoms with Crippen LogP contribution in [0.5, 0.6) is 0 Å². The van der Waals surface area contributed by atoms with Crippen LogP contribution in [0.3, 0.4) is 0 Å². The predicted molar refractivity (Wildman–Crippen MR) is 93.6 cm³/mol. The molecule has 6 heteroatoms. The fourth-order valence-electron chi connectivity index (χ4n) is 2.66. The van der Waals surface area contributed by atoms with Gasteiger partial charge in [-0.15, -0.1) is 0 Å². The zero-order valence-corrected chi connectivity index (χ0v) is 14.3. The lowest BCUT2D eigenvalue weighted by atomic mass is 10.1. The van der Waals surface area contributed by atoms with Crippen molar-refractivity contribution < 1.29 is 18.1 Å². The van der Waals surface area contributed by atoms with Gasteiger partial charge in [0.25, 0.3) is 5.91 Å². The Kier molecular flexibility index (Phi) is 5.41. The van der Waals surface area contributed by atoms with Crippen molar-refractivity contribution >= 4 is 5.91 Å². The monoisotopic (exact) mass is 356 g/mol. The molecule has 0 atom stereocenters. The second-order valence-electron chi connectivity index (χ2n) is 5.97. The van der Waals surface area contributed by atoms with Crippen LogP contribution in [0.4, 0.5) is 8.78 Å². The van der Waals surface area contributed by atoms with Crippen LogP contribution < -0.4 is 0 Å². The van der Waals surface area contributed by atoms with Gasteiger partial charge in [0.1, 0.15) is 28.7 Å². The van der Waals surface area contributed by atoms with Gasteiger partial charge in [0, 0.05) is 31.6 Å². The lowest BCUT2D eigenvalue weighted by Crippen LogP contribution is -2.29. The Morgan fingerprint density at radius 2 is 1.77 bits per heavy atom. The first-order chi connectivity index (χ1) is 12.6. The van der Waals surface area contributed by atoms with E-state index in [4.69, 9.17) is 4.52 Å². The molecule has 0 aliphatic heterocycles. The van der Waals surface area contributed by atoms with Gasteiger partial charge in [-0.3, -0.25) is 4.79 Å². The highest BCUT2D eigenvalue weighted by Gasteiger charge is 2.20. The molecule has 1 aromatic heterocycles. The molecule has 1 amide bonds. The van der Waals surface area contributed by atoms with Crippen molar-refractivity contribution in [2.75, 3.05) is 13.6 Å². The van der Waals surface area contributed by atoms with Crippen molar-refractivity contribution in [2.24, 2.45) is 0 Å². The van der Waals surface area contributed by atoms with E-state index < -0.39 is 23.1 Å². The summed E-state index contributed by atoms with van der Waals surface area (Å²) in [6, 6.07) is 14.9. The predicted octanol–water partition coefficient (Wildman–Crippen LogP) is 4.32. The molecule has 134 valence electrons. The average Bonchev–Trinajstić information content (AvgIpc) is 3.11. The Balaban J connectivity index is 1.57. The van der Waals surface area contributed by atoms with Gasteiger partial charge < -0.3 is 9.42 Å². The Morgan fingerprint density at radius 1 is 1.08 bits per heavy atom. The second kappa shape index (κ2) is 7.91. The van der Waals surface area contributed by atoms with E-state index in [0.29, 0.717) is 25.1 Å². The number of hydrogen-bond acceptors (Lipinski definition) is 3. The minimum Gasteiger partial charge on any atom is -0.361 e. The summed E-state index contributed by atoms with van der Waals surface area (Å²) in [5.74, 6) is -1.70. The molecule has 0 spiro atoms. The van der Waals surface area contributed by atoms with E-state index in [1.54, 1.807) is 0 Å². The van der Waals surface area contributed by atoms with Crippen molar-refractivity contribution in [3.05, 3.63) is 77.6 Å². The Hall–Kier alpha value is -3.02. The molecule has 3 aromatic rings. The van der Waals surface area contributed by atoms with Crippen molar-refractivity contribution in [3.8, 4) is 11.3 Å². The van der Waals surface area contributed by atoms with Crippen LogP contribution in [0.2, 0.25) is 0 Å². The summed E-state index contributed by atoms with van der Waals surface area (Å²) in [7, 11) is 1.52. The minimum atomic E-state index is -0.857. The van der Waals surface area contributed by atoms with Crippen molar-refractivity contribution in [1.29, 1.82) is 0 Å². The van der Waals surface area contributed by atoms with Crippen molar-refractivity contribution in [1.82, 2.24) is 10.1 Å². The highest BCUT2D eigenvalue weighted by Crippen LogP contribution is 2.19. The molecule has 4 nitrogen and oxygen atoms in total. The lowest BCUT2D eigenvalue weighted by molar-refractivity contribution is 0.0783. The van der Waals surface area contributed by atoms with E-state index in [1.807, 2.05) is 36.4 Å². The summed E-state index contributed by atoms with van der Waals surface area (Å²) in [5.41, 5.74) is 1.18. The molecule has 2 aromatic carbocycles. The number of nitrogens with zero attached hydrogens (tertiary/aromatic N) is 2. The van der Waals surface area contributed by atoms with Crippen molar-refractivity contribution in [2.45, 2.75) is 12.8 Å². The number of carbonyl (C=O) groups excluding carboxylic acids is 1. The highest BCUT2D eigenvalue weighted by atomic mass is 19.1. The third-order valence-corrected chi connectivity index (χ3v) is 4.07. The zero-order valence-electron chi connectivity index (χ0n) is 14.3. The molecule has 26 heavy (non-hydrogen) atoms. The van der Waals surface area contributed by atoms with Crippen LogP contribution in [0.1, 0.15) is 22.5 Å². The second-order valence-corrected chi connectivity index (χ2v) is 5.97. The first kappa shape index (κ1) is 17.8. The standard InChI is InChI=1S/C20H18F2N2O2/c1-24(20(25)19-16(21)10-5-11-17(19)22)12-6-9-15-13-18(23-26-15)14-7-3-2-4-8-14/h2-5,7-8,10-11,13H,6,9,12H2,1H3. The molecule has 0 aliphatic rings. The van der Waals surface area contributed by atoms with Crippen LogP contribution in [-0.2, 0) is 6.42 Å². The molecule has 0 aliphatic carbocycles. The number of aryl methyl sites for hydroxylation is 1. The smallest absolute Gasteiger partial charge is 0.259 e. The van der Waals surface area contributed by atoms with Gasteiger partial charge in [-0.2, -0.15) is 0 Å². The SMILES string of the molecule is CN(CCCc1cc(-c2ccccc2)no1)C(=O)c1c(F)cccc1F. The van der Waals surface area contributed by atoms with E-state index in [2.05, 4.69) is 5.16 Å². The van der Waals surface area contributed by atoms with E-state index >= 15 is 0 Å². The zero-order chi connectivity index (χ0) is 18.5. The van der Waals surface area contributed by atoms with E-state index in [9.17, 15) is 13.6 Å². The van der Waals surface area contributed by atoms with Crippen LogP contribution in [0.25, 0.3) is 11.3 Å². The molecular formula is C20H18F2N2O2. The number of benzene rings is 2. The maximum absolute atomic E-state index is 13.7. The number of hydrogen-bond donors (Lipinski definition) is 0. The first-order valence-corrected chi connectivity index (χ1v) is 8.27. The number of amides is 1. The molecule has 3 rings (SSSR count). The topological polar surface area (TPSA) is 46.3 Å². The summed E-state index contributed by atoms with van der Waals surface area (Å²) < 4.78 is 32.7. The Bertz CT molecular complexity index is 874. The summed E-state index contributed by atoms with van der Waals surface area (Å²) in [5, 5.41) is 4.04. The van der Waals surface area contributed by atoms with Gasteiger partial charge >= 0.3 is 0 Å². The van der Waals surface area contributed by atoms with Crippen LogP contribution in [0, 0.1) is 11.6 Å². The molecule has 0 unspecified atom stereocenters. The van der Waals surface area contributed by atoms with Crippen LogP contribution >= 0.6 is 0 Å². The van der Waals surface area contributed by atoms with Crippen LogP contribution in [-0.4, -0.2) is 29.6 Å². The third-order valence-electron chi connectivity index (χ3n) is 4.07. The maximum Gasteiger partial charge on any atom is 0.259 e. The summed E-state index contributed by atoms with van der Waals surface area (Å²) in [6.07, 6.45) is 1.15. The minimum absolute atomic E-state index is 0.341. The molecule has 1 heterocycles. The van der Waals surface area contributed by atoms with Gasteiger partial charge in [0.15, 0.2) is 0 Å². The summed E-state index contributed by atoms with van der Waals surface area (Å²) in [6.45, 7) is 0.341. The van der Waals surface area contributed by atoms with Gasteiger partial charge in [0.2, 0.25) is 0 Å². The van der Waals surface area contributed by atoms with Gasteiger partial charge in [-0.1, -0.05) is 41.6 Å². The van der Waals surface area contributed by atoms with Gasteiger partial charge in [0.05, 0.1) is 0 Å². The lowest BCUT2D eigenvalue weighted by Gasteiger charge is -2.17. The molecule has 0 saturated carbocycles. The molecule has 0 saturated heterocycles. The van der Waals surface area contributed by atoms with E-state index in [1.165, 1.54) is 18.0 Å². The molecule has 0 radical (unpaired) electrons. The largest absolute Gasteiger partial charge is 0.361 e. The fourth-order valence-corrected chi connectivity index (χ4v) is 2.66. The average molecular weight is 356 g/mol. The fraction of sp³-hybridized carbons (Fsp3) is 0.200. The molecule has 0 N–H and O–H groups in total. The van der Waals surface area contributed by atoms with Crippen LogP contribution in [0.15, 0.2) is 59.1 Å². The number of aromatic nitrogens is 1. The van der Waals surface area contributed by atoms with Crippen molar-refractivity contribution in [3.63, 3.8) is 0 Å². The number of rotatable bonds is 6. The highest BCUT2D eigenvalue weighted by molar-refractivity contribution is 5.94. The Morgan fingerprint density at radius 3 is 2.46 bits per heavy atom. The van der Waals surface area contributed by atoms with Gasteiger partial charge in [-0.25, -0.2) is 8.78 Å².